The average molecular weight is 261 g/mol. The van der Waals surface area contributed by atoms with Gasteiger partial charge in [-0.05, 0) is 18.2 Å². The summed E-state index contributed by atoms with van der Waals surface area (Å²) in [5.41, 5.74) is 5.99. The highest BCUT2D eigenvalue weighted by atomic mass is 19.1. The predicted octanol–water partition coefficient (Wildman–Crippen LogP) is 0.696. The van der Waals surface area contributed by atoms with Crippen LogP contribution in [0.2, 0.25) is 0 Å². The molecule has 0 unspecified atom stereocenters. The molecule has 1 aromatic rings. The Morgan fingerprint density at radius 3 is 2.58 bits per heavy atom. The number of anilines is 2. The van der Waals surface area contributed by atoms with E-state index >= 15 is 0 Å². The monoisotopic (exact) mass is 261 g/mol. The molecule has 0 saturated heterocycles. The van der Waals surface area contributed by atoms with Gasteiger partial charge in [-0.3, -0.25) is 9.69 Å². The first kappa shape index (κ1) is 14.4. The van der Waals surface area contributed by atoms with Gasteiger partial charge in [-0.2, -0.15) is 10.5 Å². The summed E-state index contributed by atoms with van der Waals surface area (Å²) in [5, 5.41) is 19.5. The third-order valence-electron chi connectivity index (χ3n) is 2.25. The first-order valence-electron chi connectivity index (χ1n) is 5.38. The average Bonchev–Trinajstić information content (AvgIpc) is 2.34. The molecule has 98 valence electrons. The molecule has 1 amide bonds. The van der Waals surface area contributed by atoms with Crippen molar-refractivity contribution in [2.24, 2.45) is 0 Å². The Labute approximate surface area is 109 Å². The maximum atomic E-state index is 13.0. The number of hydrogen-bond donors (Lipinski definition) is 2. The summed E-state index contributed by atoms with van der Waals surface area (Å²) in [6, 6.07) is 7.33. The lowest BCUT2D eigenvalue weighted by Gasteiger charge is -2.15. The van der Waals surface area contributed by atoms with E-state index in [9.17, 15) is 9.18 Å². The summed E-state index contributed by atoms with van der Waals surface area (Å²) >= 11 is 0. The molecule has 0 aliphatic carbocycles. The van der Waals surface area contributed by atoms with E-state index in [2.05, 4.69) is 5.32 Å². The number of carbonyl (C=O) groups is 1. The smallest absolute Gasteiger partial charge is 0.238 e. The van der Waals surface area contributed by atoms with E-state index in [4.69, 9.17) is 16.3 Å². The molecule has 0 bridgehead atoms. The van der Waals surface area contributed by atoms with Crippen LogP contribution in [0.4, 0.5) is 15.8 Å². The minimum absolute atomic E-state index is 0.0421. The van der Waals surface area contributed by atoms with Crippen molar-refractivity contribution in [3.63, 3.8) is 0 Å². The fourth-order valence-electron chi connectivity index (χ4n) is 1.40. The number of nitrogen functional groups attached to an aromatic ring is 1. The molecule has 7 heteroatoms. The highest BCUT2D eigenvalue weighted by Gasteiger charge is 2.11. The van der Waals surface area contributed by atoms with Crippen molar-refractivity contribution in [2.75, 3.05) is 30.7 Å². The molecule has 0 radical (unpaired) electrons. The zero-order valence-electron chi connectivity index (χ0n) is 10.1. The quantitative estimate of drug-likeness (QED) is 0.599. The van der Waals surface area contributed by atoms with E-state index in [1.165, 1.54) is 17.0 Å². The molecule has 0 spiro atoms. The highest BCUT2D eigenvalue weighted by molar-refractivity contribution is 5.95. The summed E-state index contributed by atoms with van der Waals surface area (Å²) in [6.07, 6.45) is 0. The molecule has 1 aromatic carbocycles. The number of nitrogens with zero attached hydrogens (tertiary/aromatic N) is 3. The normalized spacial score (nSPS) is 9.68. The molecule has 0 saturated carbocycles. The largest absolute Gasteiger partial charge is 0.397 e. The van der Waals surface area contributed by atoms with Crippen LogP contribution in [0.1, 0.15) is 0 Å². The third kappa shape index (κ3) is 4.62. The molecule has 6 nitrogen and oxygen atoms in total. The van der Waals surface area contributed by atoms with Crippen LogP contribution in [-0.4, -0.2) is 30.4 Å². The van der Waals surface area contributed by atoms with E-state index in [0.717, 1.165) is 6.07 Å². The van der Waals surface area contributed by atoms with Crippen LogP contribution in [-0.2, 0) is 4.79 Å². The van der Waals surface area contributed by atoms with Gasteiger partial charge in [-0.1, -0.05) is 0 Å². The molecule has 0 aliphatic rings. The summed E-state index contributed by atoms with van der Waals surface area (Å²) < 4.78 is 13.0. The van der Waals surface area contributed by atoms with Crippen LogP contribution in [0, 0.1) is 28.5 Å². The van der Waals surface area contributed by atoms with Crippen molar-refractivity contribution in [1.82, 2.24) is 4.90 Å². The molecular formula is C12H12FN5O. The minimum Gasteiger partial charge on any atom is -0.397 e. The van der Waals surface area contributed by atoms with Crippen LogP contribution in [0.3, 0.4) is 0 Å². The number of nitrogens with two attached hydrogens (primary N) is 1. The topological polar surface area (TPSA) is 106 Å². The number of rotatable bonds is 5. The molecule has 0 atom stereocenters. The summed E-state index contributed by atoms with van der Waals surface area (Å²) in [5.74, 6) is -0.988. The molecule has 0 aromatic heterocycles. The van der Waals surface area contributed by atoms with Crippen molar-refractivity contribution < 1.29 is 9.18 Å². The van der Waals surface area contributed by atoms with Crippen molar-refractivity contribution >= 4 is 17.3 Å². The fraction of sp³-hybridized carbons (Fsp3) is 0.250. The SMILES string of the molecule is N#CCN(CC#N)CC(=O)Nc1cc(F)ccc1N. The Morgan fingerprint density at radius 1 is 1.37 bits per heavy atom. The number of hydrogen-bond acceptors (Lipinski definition) is 5. The van der Waals surface area contributed by atoms with Gasteiger partial charge in [-0.25, -0.2) is 4.39 Å². The van der Waals surface area contributed by atoms with Gasteiger partial charge in [-0.15, -0.1) is 0 Å². The Morgan fingerprint density at radius 2 is 2.00 bits per heavy atom. The van der Waals surface area contributed by atoms with E-state index < -0.39 is 11.7 Å². The van der Waals surface area contributed by atoms with Crippen LogP contribution < -0.4 is 11.1 Å². The Balaban J connectivity index is 2.67. The molecule has 0 heterocycles. The molecular weight excluding hydrogens is 249 g/mol. The Bertz CT molecular complexity index is 530. The summed E-state index contributed by atoms with van der Waals surface area (Å²) in [6.45, 7) is -0.226. The Hall–Kier alpha value is -2.64. The summed E-state index contributed by atoms with van der Waals surface area (Å²) in [4.78, 5) is 13.0. The highest BCUT2D eigenvalue weighted by Crippen LogP contribution is 2.18. The molecule has 0 aliphatic heterocycles. The number of nitrogens with one attached hydrogen (secondary N) is 1. The number of nitriles is 2. The van der Waals surface area contributed by atoms with Crippen molar-refractivity contribution in [2.45, 2.75) is 0 Å². The molecule has 19 heavy (non-hydrogen) atoms. The van der Waals surface area contributed by atoms with E-state index in [1.54, 1.807) is 0 Å². The van der Waals surface area contributed by atoms with Gasteiger partial charge in [0.05, 0.1) is 43.1 Å². The Kier molecular flexibility index (Phi) is 5.27. The third-order valence-corrected chi connectivity index (χ3v) is 2.25. The lowest BCUT2D eigenvalue weighted by molar-refractivity contribution is -0.117. The maximum absolute atomic E-state index is 13.0. The van der Waals surface area contributed by atoms with Crippen LogP contribution >= 0.6 is 0 Å². The molecule has 1 rings (SSSR count). The van der Waals surface area contributed by atoms with Gasteiger partial charge >= 0.3 is 0 Å². The summed E-state index contributed by atoms with van der Waals surface area (Å²) in [7, 11) is 0. The van der Waals surface area contributed by atoms with Crippen molar-refractivity contribution in [3.05, 3.63) is 24.0 Å². The predicted molar refractivity (Wildman–Crippen MR) is 67.1 cm³/mol. The van der Waals surface area contributed by atoms with Crippen LogP contribution in [0.25, 0.3) is 0 Å². The van der Waals surface area contributed by atoms with Gasteiger partial charge in [0.15, 0.2) is 0 Å². The van der Waals surface area contributed by atoms with Crippen molar-refractivity contribution in [3.8, 4) is 12.1 Å². The lowest BCUT2D eigenvalue weighted by atomic mass is 10.2. The van der Waals surface area contributed by atoms with E-state index in [0.29, 0.717) is 0 Å². The van der Waals surface area contributed by atoms with Crippen LogP contribution in [0.15, 0.2) is 18.2 Å². The zero-order chi connectivity index (χ0) is 14.3. The number of benzene rings is 1. The molecule has 3 N–H and O–H groups in total. The second-order valence-electron chi connectivity index (χ2n) is 3.74. The lowest BCUT2D eigenvalue weighted by Crippen LogP contribution is -2.34. The maximum Gasteiger partial charge on any atom is 0.238 e. The zero-order valence-corrected chi connectivity index (χ0v) is 10.1. The number of carbonyl (C=O) groups excluding carboxylic acids is 1. The second-order valence-corrected chi connectivity index (χ2v) is 3.74. The van der Waals surface area contributed by atoms with E-state index in [-0.39, 0.29) is 31.0 Å². The van der Waals surface area contributed by atoms with Gasteiger partial charge in [0.25, 0.3) is 0 Å². The number of amides is 1. The van der Waals surface area contributed by atoms with Gasteiger partial charge < -0.3 is 11.1 Å². The van der Waals surface area contributed by atoms with Crippen LogP contribution in [0.5, 0.6) is 0 Å². The van der Waals surface area contributed by atoms with Gasteiger partial charge in [0.1, 0.15) is 5.82 Å². The standard InChI is InChI=1S/C12H12FN5O/c13-9-1-2-10(16)11(7-9)17-12(19)8-18(5-3-14)6-4-15/h1-2,7H,5-6,8,16H2,(H,17,19). The number of halogens is 1. The first-order valence-corrected chi connectivity index (χ1v) is 5.38. The first-order chi connectivity index (χ1) is 9.06. The molecule has 0 fully saturated rings. The van der Waals surface area contributed by atoms with Gasteiger partial charge in [0.2, 0.25) is 5.91 Å². The minimum atomic E-state index is -0.518. The van der Waals surface area contributed by atoms with Crippen molar-refractivity contribution in [1.29, 1.82) is 10.5 Å². The van der Waals surface area contributed by atoms with E-state index in [1.807, 2.05) is 12.1 Å². The fourth-order valence-corrected chi connectivity index (χ4v) is 1.40. The second kappa shape index (κ2) is 6.94. The van der Waals surface area contributed by atoms with Gasteiger partial charge in [0, 0.05) is 0 Å².